The fourth-order valence-corrected chi connectivity index (χ4v) is 3.32. The molecule has 23 heavy (non-hydrogen) atoms. The van der Waals surface area contributed by atoms with E-state index in [2.05, 4.69) is 10.6 Å². The second-order valence-electron chi connectivity index (χ2n) is 5.24. The summed E-state index contributed by atoms with van der Waals surface area (Å²) >= 11 is 1.09. The van der Waals surface area contributed by atoms with Crippen LogP contribution < -0.4 is 10.6 Å². The first-order valence-electron chi connectivity index (χ1n) is 7.70. The second kappa shape index (κ2) is 8.67. The van der Waals surface area contributed by atoms with Gasteiger partial charge in [0, 0.05) is 13.0 Å². The molecule has 0 saturated carbocycles. The van der Waals surface area contributed by atoms with Gasteiger partial charge in [0.15, 0.2) is 0 Å². The quantitative estimate of drug-likeness (QED) is 0.747. The first kappa shape index (κ1) is 19.2. The molecule has 1 aromatic rings. The van der Waals surface area contributed by atoms with Crippen molar-refractivity contribution < 1.29 is 19.1 Å². The first-order valence-corrected chi connectivity index (χ1v) is 8.52. The maximum absolute atomic E-state index is 12.2. The van der Waals surface area contributed by atoms with Crippen molar-refractivity contribution in [1.29, 1.82) is 0 Å². The summed E-state index contributed by atoms with van der Waals surface area (Å²) in [6.07, 6.45) is 1.65. The van der Waals surface area contributed by atoms with Gasteiger partial charge in [-0.3, -0.25) is 9.59 Å². The normalized spacial score (nSPS) is 11.7. The van der Waals surface area contributed by atoms with Crippen molar-refractivity contribution in [2.75, 3.05) is 19.0 Å². The Morgan fingerprint density at radius 3 is 2.43 bits per heavy atom. The molecule has 0 radical (unpaired) electrons. The molecule has 0 aromatic carbocycles. The number of rotatable bonds is 7. The van der Waals surface area contributed by atoms with Crippen LogP contribution in [0, 0.1) is 12.8 Å². The molecule has 6 nitrogen and oxygen atoms in total. The molecule has 0 aliphatic rings. The number of anilines is 1. The van der Waals surface area contributed by atoms with Gasteiger partial charge in [-0.15, -0.1) is 11.3 Å². The SMILES string of the molecule is CCCC(C)C(=O)Nc1sc(C(=O)NC)c(C)c1C(=O)OCC. The van der Waals surface area contributed by atoms with Crippen molar-refractivity contribution in [3.05, 3.63) is 16.0 Å². The first-order chi connectivity index (χ1) is 10.9. The zero-order valence-electron chi connectivity index (χ0n) is 14.2. The van der Waals surface area contributed by atoms with Crippen LogP contribution in [-0.4, -0.2) is 31.4 Å². The average Bonchev–Trinajstić information content (AvgIpc) is 2.83. The third-order valence-electron chi connectivity index (χ3n) is 3.47. The van der Waals surface area contributed by atoms with Crippen LogP contribution in [0.25, 0.3) is 0 Å². The highest BCUT2D eigenvalue weighted by Crippen LogP contribution is 2.34. The summed E-state index contributed by atoms with van der Waals surface area (Å²) in [6, 6.07) is 0. The number of hydrogen-bond acceptors (Lipinski definition) is 5. The standard InChI is InChI=1S/C16H24N2O4S/c1-6-8-9(3)13(19)18-15-11(16(21)22-7-2)10(4)12(23-15)14(20)17-5/h9H,6-8H2,1-5H3,(H,17,20)(H,18,19). The van der Waals surface area contributed by atoms with E-state index in [1.807, 2.05) is 13.8 Å². The maximum atomic E-state index is 12.2. The van der Waals surface area contributed by atoms with Gasteiger partial charge in [-0.2, -0.15) is 0 Å². The van der Waals surface area contributed by atoms with Gasteiger partial charge in [0.25, 0.3) is 5.91 Å². The van der Waals surface area contributed by atoms with E-state index in [0.29, 0.717) is 15.4 Å². The number of esters is 1. The maximum Gasteiger partial charge on any atom is 0.341 e. The molecule has 7 heteroatoms. The molecule has 0 spiro atoms. The largest absolute Gasteiger partial charge is 0.462 e. The van der Waals surface area contributed by atoms with Crippen molar-refractivity contribution in [3.63, 3.8) is 0 Å². The predicted molar refractivity (Wildman–Crippen MR) is 91.1 cm³/mol. The Kier molecular flexibility index (Phi) is 7.22. The van der Waals surface area contributed by atoms with E-state index in [-0.39, 0.29) is 29.9 Å². The molecule has 2 N–H and O–H groups in total. The Hall–Kier alpha value is -1.89. The molecule has 0 aliphatic heterocycles. The van der Waals surface area contributed by atoms with Crippen LogP contribution in [0.1, 0.15) is 59.2 Å². The van der Waals surface area contributed by atoms with E-state index in [1.165, 1.54) is 7.05 Å². The topological polar surface area (TPSA) is 84.5 Å². The van der Waals surface area contributed by atoms with Gasteiger partial charge in [-0.1, -0.05) is 20.3 Å². The predicted octanol–water partition coefficient (Wildman–Crippen LogP) is 2.97. The highest BCUT2D eigenvalue weighted by atomic mass is 32.1. The number of carbonyl (C=O) groups excluding carboxylic acids is 3. The van der Waals surface area contributed by atoms with Crippen LogP contribution in [-0.2, 0) is 9.53 Å². The monoisotopic (exact) mass is 340 g/mol. The van der Waals surface area contributed by atoms with Gasteiger partial charge >= 0.3 is 5.97 Å². The van der Waals surface area contributed by atoms with E-state index in [4.69, 9.17) is 4.74 Å². The number of amides is 2. The van der Waals surface area contributed by atoms with E-state index >= 15 is 0 Å². The molecule has 1 atom stereocenters. The minimum Gasteiger partial charge on any atom is -0.462 e. The Morgan fingerprint density at radius 1 is 1.26 bits per heavy atom. The molecular formula is C16H24N2O4S. The van der Waals surface area contributed by atoms with Crippen molar-refractivity contribution in [1.82, 2.24) is 5.32 Å². The lowest BCUT2D eigenvalue weighted by molar-refractivity contribution is -0.119. The highest BCUT2D eigenvalue weighted by molar-refractivity contribution is 7.18. The molecule has 1 heterocycles. The van der Waals surface area contributed by atoms with Gasteiger partial charge < -0.3 is 15.4 Å². The lowest BCUT2D eigenvalue weighted by Crippen LogP contribution is -2.21. The lowest BCUT2D eigenvalue weighted by atomic mass is 10.1. The molecule has 1 rings (SSSR count). The van der Waals surface area contributed by atoms with E-state index in [1.54, 1.807) is 13.8 Å². The molecule has 0 bridgehead atoms. The average molecular weight is 340 g/mol. The summed E-state index contributed by atoms with van der Waals surface area (Å²) in [4.78, 5) is 36.8. The number of hydrogen-bond donors (Lipinski definition) is 2. The molecule has 0 saturated heterocycles. The molecule has 1 unspecified atom stereocenters. The van der Waals surface area contributed by atoms with E-state index in [0.717, 1.165) is 24.2 Å². The zero-order chi connectivity index (χ0) is 17.6. The number of ether oxygens (including phenoxy) is 1. The van der Waals surface area contributed by atoms with Gasteiger partial charge in [-0.05, 0) is 25.8 Å². The summed E-state index contributed by atoms with van der Waals surface area (Å²) in [5.41, 5.74) is 0.777. The number of thiophene rings is 1. The van der Waals surface area contributed by atoms with Gasteiger partial charge in [0.05, 0.1) is 17.0 Å². The molecule has 1 aromatic heterocycles. The van der Waals surface area contributed by atoms with Crippen molar-refractivity contribution in [2.45, 2.75) is 40.5 Å². The van der Waals surface area contributed by atoms with Crippen LogP contribution in [0.3, 0.4) is 0 Å². The number of nitrogens with one attached hydrogen (secondary N) is 2. The molecule has 0 aliphatic carbocycles. The minimum atomic E-state index is -0.533. The third kappa shape index (κ3) is 4.54. The van der Waals surface area contributed by atoms with Crippen LogP contribution in [0.5, 0.6) is 0 Å². The summed E-state index contributed by atoms with van der Waals surface area (Å²) < 4.78 is 5.05. The van der Waals surface area contributed by atoms with Crippen LogP contribution in [0.4, 0.5) is 5.00 Å². The van der Waals surface area contributed by atoms with Gasteiger partial charge in [0.2, 0.25) is 5.91 Å². The van der Waals surface area contributed by atoms with Crippen molar-refractivity contribution in [2.24, 2.45) is 5.92 Å². The molecular weight excluding hydrogens is 316 g/mol. The Morgan fingerprint density at radius 2 is 1.91 bits per heavy atom. The number of carbonyl (C=O) groups is 3. The Balaban J connectivity index is 3.20. The molecule has 2 amide bonds. The van der Waals surface area contributed by atoms with Crippen LogP contribution >= 0.6 is 11.3 Å². The minimum absolute atomic E-state index is 0.165. The van der Waals surface area contributed by atoms with Crippen LogP contribution in [0.2, 0.25) is 0 Å². The van der Waals surface area contributed by atoms with Gasteiger partial charge in [-0.25, -0.2) is 4.79 Å². The fourth-order valence-electron chi connectivity index (χ4n) is 2.18. The second-order valence-corrected chi connectivity index (χ2v) is 6.26. The molecule has 0 fully saturated rings. The Bertz CT molecular complexity index is 595. The summed E-state index contributed by atoms with van der Waals surface area (Å²) in [5.74, 6) is -1.15. The Labute approximate surface area is 140 Å². The highest BCUT2D eigenvalue weighted by Gasteiger charge is 2.27. The lowest BCUT2D eigenvalue weighted by Gasteiger charge is -2.11. The zero-order valence-corrected chi connectivity index (χ0v) is 15.1. The third-order valence-corrected chi connectivity index (χ3v) is 4.67. The summed E-state index contributed by atoms with van der Waals surface area (Å²) in [6.45, 7) is 7.46. The van der Waals surface area contributed by atoms with Crippen molar-refractivity contribution >= 4 is 34.1 Å². The van der Waals surface area contributed by atoms with Crippen molar-refractivity contribution in [3.8, 4) is 0 Å². The van der Waals surface area contributed by atoms with E-state index < -0.39 is 5.97 Å². The molecule has 128 valence electrons. The fraction of sp³-hybridized carbons (Fsp3) is 0.562. The van der Waals surface area contributed by atoms with Crippen LogP contribution in [0.15, 0.2) is 0 Å². The van der Waals surface area contributed by atoms with E-state index in [9.17, 15) is 14.4 Å². The smallest absolute Gasteiger partial charge is 0.341 e. The van der Waals surface area contributed by atoms with Gasteiger partial charge in [0.1, 0.15) is 5.00 Å². The summed E-state index contributed by atoms with van der Waals surface area (Å²) in [7, 11) is 1.52. The summed E-state index contributed by atoms with van der Waals surface area (Å²) in [5, 5.41) is 5.68.